The maximum absolute atomic E-state index is 12.4. The summed E-state index contributed by atoms with van der Waals surface area (Å²) in [5.41, 5.74) is 4.04. The predicted octanol–water partition coefficient (Wildman–Crippen LogP) is 6.23. The Labute approximate surface area is 197 Å². The molecule has 32 heavy (non-hydrogen) atoms. The Hall–Kier alpha value is -2.60. The largest absolute Gasteiger partial charge is 0.497 e. The maximum Gasteiger partial charge on any atom is 0.309 e. The smallest absolute Gasteiger partial charge is 0.309 e. The van der Waals surface area contributed by atoms with E-state index in [1.807, 2.05) is 24.3 Å². The van der Waals surface area contributed by atoms with E-state index in [1.165, 1.54) is 0 Å². The molecule has 1 aliphatic rings. The van der Waals surface area contributed by atoms with Crippen LogP contribution >= 0.6 is 15.9 Å². The summed E-state index contributed by atoms with van der Waals surface area (Å²) in [6.45, 7) is 4.27. The van der Waals surface area contributed by atoms with Crippen molar-refractivity contribution >= 4 is 38.5 Å². The minimum absolute atomic E-state index is 0.0118. The van der Waals surface area contributed by atoms with Crippen LogP contribution in [0.2, 0.25) is 0 Å². The summed E-state index contributed by atoms with van der Waals surface area (Å²) in [4.78, 5) is 19.7. The van der Waals surface area contributed by atoms with E-state index in [0.29, 0.717) is 6.61 Å². The second-order valence-corrected chi connectivity index (χ2v) is 9.11. The Morgan fingerprint density at radius 1 is 1.12 bits per heavy atom. The predicted molar refractivity (Wildman–Crippen MR) is 132 cm³/mol. The van der Waals surface area contributed by atoms with Gasteiger partial charge in [0.05, 0.1) is 30.8 Å². The fraction of sp³-hybridized carbons (Fsp3) is 0.385. The Kier molecular flexibility index (Phi) is 7.30. The van der Waals surface area contributed by atoms with Crippen molar-refractivity contribution in [2.24, 2.45) is 5.92 Å². The Morgan fingerprint density at radius 3 is 2.56 bits per heavy atom. The van der Waals surface area contributed by atoms with E-state index >= 15 is 0 Å². The second-order valence-electron chi connectivity index (χ2n) is 8.20. The summed E-state index contributed by atoms with van der Waals surface area (Å²) < 4.78 is 11.9. The molecule has 2 heterocycles. The van der Waals surface area contributed by atoms with Crippen LogP contribution in [0.25, 0.3) is 22.2 Å². The zero-order chi connectivity index (χ0) is 22.5. The molecular weight excluding hydrogens is 468 g/mol. The highest BCUT2D eigenvalue weighted by Gasteiger charge is 2.27. The van der Waals surface area contributed by atoms with Gasteiger partial charge in [0, 0.05) is 40.3 Å². The molecule has 0 saturated carbocycles. The van der Waals surface area contributed by atoms with Crippen LogP contribution in [-0.2, 0) is 9.53 Å². The molecule has 0 unspecified atom stereocenters. The van der Waals surface area contributed by atoms with Gasteiger partial charge >= 0.3 is 5.97 Å². The van der Waals surface area contributed by atoms with Crippen LogP contribution in [0, 0.1) is 5.92 Å². The Bertz CT molecular complexity index is 1080. The third-order valence-electron chi connectivity index (χ3n) is 6.05. The number of hydrogen-bond donors (Lipinski definition) is 0. The molecule has 0 bridgehead atoms. The molecule has 4 rings (SSSR count). The van der Waals surface area contributed by atoms with Crippen molar-refractivity contribution in [3.8, 4) is 17.0 Å². The third kappa shape index (κ3) is 5.07. The van der Waals surface area contributed by atoms with E-state index < -0.39 is 0 Å². The number of nitrogens with zero attached hydrogens (tertiary/aromatic N) is 2. The molecule has 3 aromatic rings. The highest BCUT2D eigenvalue weighted by Crippen LogP contribution is 2.35. The van der Waals surface area contributed by atoms with Gasteiger partial charge in [-0.25, -0.2) is 4.98 Å². The average molecular weight is 497 g/mol. The van der Waals surface area contributed by atoms with Crippen molar-refractivity contribution in [3.63, 3.8) is 0 Å². The van der Waals surface area contributed by atoms with Crippen LogP contribution in [0.15, 0.2) is 53.0 Å². The third-order valence-corrected chi connectivity index (χ3v) is 6.58. The monoisotopic (exact) mass is 496 g/mol. The molecule has 5 nitrogen and oxygen atoms in total. The molecule has 1 fully saturated rings. The highest BCUT2D eigenvalue weighted by atomic mass is 79.9. The van der Waals surface area contributed by atoms with Gasteiger partial charge in [-0.2, -0.15) is 0 Å². The average Bonchev–Trinajstić information content (AvgIpc) is 2.83. The second kappa shape index (κ2) is 10.3. The summed E-state index contributed by atoms with van der Waals surface area (Å²) in [5.74, 6) is 0.734. The van der Waals surface area contributed by atoms with Crippen LogP contribution in [-0.4, -0.2) is 37.8 Å². The number of benzene rings is 2. The molecule has 0 atom stereocenters. The van der Waals surface area contributed by atoms with Gasteiger partial charge in [-0.1, -0.05) is 41.4 Å². The SMILES string of the molecule is CCCCOC(=O)C1CCN(c2cc(-c3ccc(Br)cc3)nc3cc(OC)ccc23)CC1. The lowest BCUT2D eigenvalue weighted by atomic mass is 9.96. The van der Waals surface area contributed by atoms with Gasteiger partial charge in [-0.3, -0.25) is 4.79 Å². The van der Waals surface area contributed by atoms with E-state index in [-0.39, 0.29) is 11.9 Å². The lowest BCUT2D eigenvalue weighted by Crippen LogP contribution is -2.37. The number of ether oxygens (including phenoxy) is 2. The van der Waals surface area contributed by atoms with E-state index in [9.17, 15) is 4.79 Å². The summed E-state index contributed by atoms with van der Waals surface area (Å²) in [7, 11) is 1.67. The first kappa shape index (κ1) is 22.6. The van der Waals surface area contributed by atoms with E-state index in [2.05, 4.69) is 52.0 Å². The van der Waals surface area contributed by atoms with E-state index in [0.717, 1.165) is 76.8 Å². The van der Waals surface area contributed by atoms with Crippen molar-refractivity contribution in [3.05, 3.63) is 53.0 Å². The number of anilines is 1. The van der Waals surface area contributed by atoms with Crippen LogP contribution in [0.5, 0.6) is 5.75 Å². The van der Waals surface area contributed by atoms with Gasteiger partial charge in [0.2, 0.25) is 0 Å². The molecule has 0 N–H and O–H groups in total. The lowest BCUT2D eigenvalue weighted by Gasteiger charge is -2.33. The van der Waals surface area contributed by atoms with Crippen molar-refractivity contribution in [1.82, 2.24) is 4.98 Å². The maximum atomic E-state index is 12.4. The zero-order valence-electron chi connectivity index (χ0n) is 18.6. The standard InChI is InChI=1S/C26H29BrN2O3/c1-3-4-15-32-26(30)19-11-13-29(14-12-19)25-17-23(18-5-7-20(27)8-6-18)28-24-16-21(31-2)9-10-22(24)25/h5-10,16-17,19H,3-4,11-15H2,1-2H3. The number of halogens is 1. The van der Waals surface area contributed by atoms with Gasteiger partial charge in [0.1, 0.15) is 5.75 Å². The number of aromatic nitrogens is 1. The quantitative estimate of drug-likeness (QED) is 0.286. The number of rotatable bonds is 7. The number of methoxy groups -OCH3 is 1. The molecule has 0 radical (unpaired) electrons. The fourth-order valence-corrected chi connectivity index (χ4v) is 4.40. The number of carbonyl (C=O) groups excluding carboxylic acids is 1. The minimum Gasteiger partial charge on any atom is -0.497 e. The molecule has 0 aliphatic carbocycles. The number of unbranched alkanes of at least 4 members (excludes halogenated alkanes) is 1. The van der Waals surface area contributed by atoms with Crippen molar-refractivity contribution in [2.45, 2.75) is 32.6 Å². The Balaban J connectivity index is 1.61. The summed E-state index contributed by atoms with van der Waals surface area (Å²) >= 11 is 3.51. The Morgan fingerprint density at radius 2 is 1.88 bits per heavy atom. The topological polar surface area (TPSA) is 51.7 Å². The van der Waals surface area contributed by atoms with Crippen LogP contribution < -0.4 is 9.64 Å². The number of fused-ring (bicyclic) bond motifs is 1. The summed E-state index contributed by atoms with van der Waals surface area (Å²) in [6.07, 6.45) is 3.57. The van der Waals surface area contributed by atoms with Crippen LogP contribution in [0.3, 0.4) is 0 Å². The van der Waals surface area contributed by atoms with Gasteiger partial charge in [-0.05, 0) is 49.6 Å². The normalized spacial score (nSPS) is 14.5. The zero-order valence-corrected chi connectivity index (χ0v) is 20.2. The summed E-state index contributed by atoms with van der Waals surface area (Å²) in [5, 5.41) is 1.09. The first-order chi connectivity index (χ1) is 15.6. The first-order valence-corrected chi connectivity index (χ1v) is 12.0. The van der Waals surface area contributed by atoms with Crippen molar-refractivity contribution in [2.75, 3.05) is 31.7 Å². The molecule has 0 amide bonds. The lowest BCUT2D eigenvalue weighted by molar-refractivity contribution is -0.149. The number of carbonyl (C=O) groups is 1. The number of pyridine rings is 1. The summed E-state index contributed by atoms with van der Waals surface area (Å²) in [6, 6.07) is 16.4. The van der Waals surface area contributed by atoms with Gasteiger partial charge in [0.25, 0.3) is 0 Å². The molecule has 2 aromatic carbocycles. The number of hydrogen-bond acceptors (Lipinski definition) is 5. The highest BCUT2D eigenvalue weighted by molar-refractivity contribution is 9.10. The van der Waals surface area contributed by atoms with Crippen molar-refractivity contribution in [1.29, 1.82) is 0 Å². The number of piperidine rings is 1. The van der Waals surface area contributed by atoms with Gasteiger partial charge in [0.15, 0.2) is 0 Å². The van der Waals surface area contributed by atoms with Crippen LogP contribution in [0.1, 0.15) is 32.6 Å². The van der Waals surface area contributed by atoms with Gasteiger partial charge < -0.3 is 14.4 Å². The fourth-order valence-electron chi connectivity index (χ4n) is 4.14. The molecular formula is C26H29BrN2O3. The van der Waals surface area contributed by atoms with Gasteiger partial charge in [-0.15, -0.1) is 0 Å². The first-order valence-electron chi connectivity index (χ1n) is 11.3. The minimum atomic E-state index is -0.0435. The molecule has 1 aliphatic heterocycles. The van der Waals surface area contributed by atoms with Crippen molar-refractivity contribution < 1.29 is 14.3 Å². The molecule has 6 heteroatoms. The molecule has 0 spiro atoms. The molecule has 168 valence electrons. The molecule has 1 saturated heterocycles. The molecule has 1 aromatic heterocycles. The van der Waals surface area contributed by atoms with E-state index in [4.69, 9.17) is 14.5 Å². The number of esters is 1. The van der Waals surface area contributed by atoms with E-state index in [1.54, 1.807) is 7.11 Å². The van der Waals surface area contributed by atoms with Crippen LogP contribution in [0.4, 0.5) is 5.69 Å².